The summed E-state index contributed by atoms with van der Waals surface area (Å²) in [6, 6.07) is 5.10. The van der Waals surface area contributed by atoms with Crippen molar-refractivity contribution in [3.8, 4) is 0 Å². The molecule has 0 saturated heterocycles. The number of carbonyl (C=O) groups excluding carboxylic acids is 1. The van der Waals surface area contributed by atoms with Gasteiger partial charge in [0.1, 0.15) is 6.04 Å². The highest BCUT2D eigenvalue weighted by atomic mass is 32.2. The minimum atomic E-state index is -1.31. The molecule has 13 heteroatoms. The maximum atomic E-state index is 12.3. The first-order chi connectivity index (χ1) is 15.2. The largest absolute Gasteiger partial charge is 0.481 e. The van der Waals surface area contributed by atoms with Gasteiger partial charge in [-0.05, 0) is 30.7 Å². The first-order valence-electron chi connectivity index (χ1n) is 9.22. The molecule has 0 saturated carbocycles. The van der Waals surface area contributed by atoms with Gasteiger partial charge in [-0.25, -0.2) is 14.8 Å². The number of aromatic nitrogens is 4. The number of fused-ring (bicyclic) bond motifs is 1. The van der Waals surface area contributed by atoms with E-state index in [0.717, 1.165) is 4.90 Å². The van der Waals surface area contributed by atoms with Crippen molar-refractivity contribution in [2.24, 2.45) is 0 Å². The third-order valence-corrected chi connectivity index (χ3v) is 5.29. The number of nitrogens with zero attached hydrogens (tertiary/aromatic N) is 3. The molecule has 1 amide bonds. The molecule has 1 aromatic carbocycles. The van der Waals surface area contributed by atoms with Gasteiger partial charge in [0, 0.05) is 22.6 Å². The molecule has 12 nitrogen and oxygen atoms in total. The highest BCUT2D eigenvalue weighted by molar-refractivity contribution is 7.98. The van der Waals surface area contributed by atoms with Crippen molar-refractivity contribution in [2.75, 3.05) is 5.73 Å². The van der Waals surface area contributed by atoms with Crippen molar-refractivity contribution < 1.29 is 24.6 Å². The number of carboxylic acid groups (broad SMARTS) is 2. The summed E-state index contributed by atoms with van der Waals surface area (Å²) < 4.78 is 0. The number of H-pyrrole nitrogens is 1. The van der Waals surface area contributed by atoms with E-state index < -0.39 is 29.4 Å². The minimum absolute atomic E-state index is 0.0420. The quantitative estimate of drug-likeness (QED) is 0.282. The summed E-state index contributed by atoms with van der Waals surface area (Å²) in [6.45, 7) is 0. The molecule has 0 aliphatic rings. The summed E-state index contributed by atoms with van der Waals surface area (Å²) in [5.74, 6) is -2.72. The van der Waals surface area contributed by atoms with E-state index in [1.165, 1.54) is 30.1 Å². The Hall–Kier alpha value is -4.00. The topological polar surface area (TPSA) is 201 Å². The summed E-state index contributed by atoms with van der Waals surface area (Å²) in [7, 11) is 0. The van der Waals surface area contributed by atoms with Gasteiger partial charge in [-0.2, -0.15) is 4.98 Å². The Labute approximate surface area is 184 Å². The molecule has 0 unspecified atom stereocenters. The van der Waals surface area contributed by atoms with Gasteiger partial charge in [-0.3, -0.25) is 19.4 Å². The SMILES string of the molecule is Nc1nc2ncc(CSc3ccc(C(=O)N[C@@H](CCC(=O)O)C(=O)O)cc3)nc2c(=O)[nH]1. The molecule has 0 aliphatic heterocycles. The number of nitrogen functional groups attached to an aromatic ring is 1. The first-order valence-corrected chi connectivity index (χ1v) is 10.2. The fraction of sp³-hybridized carbons (Fsp3) is 0.211. The molecular weight excluding hydrogens is 440 g/mol. The number of rotatable bonds is 9. The Balaban J connectivity index is 1.62. The fourth-order valence-electron chi connectivity index (χ4n) is 2.67. The third kappa shape index (κ3) is 5.78. The zero-order chi connectivity index (χ0) is 23.3. The Bertz CT molecular complexity index is 1230. The number of benzene rings is 1. The number of anilines is 1. The monoisotopic (exact) mass is 458 g/mol. The van der Waals surface area contributed by atoms with Gasteiger partial charge in [0.2, 0.25) is 5.95 Å². The average molecular weight is 458 g/mol. The van der Waals surface area contributed by atoms with Crippen LogP contribution in [0.3, 0.4) is 0 Å². The Morgan fingerprint density at radius 2 is 1.88 bits per heavy atom. The van der Waals surface area contributed by atoms with Crippen LogP contribution in [-0.4, -0.2) is 54.0 Å². The molecule has 0 fully saturated rings. The number of aliphatic carboxylic acids is 2. The van der Waals surface area contributed by atoms with E-state index in [4.69, 9.17) is 15.9 Å². The standard InChI is InChI=1S/C19H18N6O6S/c20-19-24-15-14(17(29)25-19)22-10(7-21-15)8-32-11-3-1-9(2-4-11)16(28)23-12(18(30)31)5-6-13(26)27/h1-4,7,12H,5-6,8H2,(H,23,28)(H,26,27)(H,30,31)(H3,20,21,24,25,29)/t12-/m0/s1. The van der Waals surface area contributed by atoms with Gasteiger partial charge < -0.3 is 21.3 Å². The number of carboxylic acids is 2. The number of nitrogens with two attached hydrogens (primary N) is 1. The normalized spacial score (nSPS) is 11.8. The molecule has 0 aliphatic carbocycles. The summed E-state index contributed by atoms with van der Waals surface area (Å²) in [4.78, 5) is 61.5. The van der Waals surface area contributed by atoms with Crippen LogP contribution in [0.15, 0.2) is 40.2 Å². The number of nitrogens with one attached hydrogen (secondary N) is 2. The maximum absolute atomic E-state index is 12.3. The Morgan fingerprint density at radius 1 is 1.16 bits per heavy atom. The van der Waals surface area contributed by atoms with Crippen LogP contribution in [0.4, 0.5) is 5.95 Å². The minimum Gasteiger partial charge on any atom is -0.481 e. The van der Waals surface area contributed by atoms with Gasteiger partial charge in [0.05, 0.1) is 11.9 Å². The summed E-state index contributed by atoms with van der Waals surface area (Å²) in [5.41, 5.74) is 6.01. The fourth-order valence-corrected chi connectivity index (χ4v) is 3.45. The molecule has 0 spiro atoms. The molecule has 0 bridgehead atoms. The second-order valence-corrected chi connectivity index (χ2v) is 7.64. The number of thioether (sulfide) groups is 1. The molecule has 2 aromatic heterocycles. The summed E-state index contributed by atoms with van der Waals surface area (Å²) in [6.07, 6.45) is 0.897. The van der Waals surface area contributed by atoms with Crippen molar-refractivity contribution >= 4 is 46.7 Å². The summed E-state index contributed by atoms with van der Waals surface area (Å²) in [5, 5.41) is 20.2. The number of hydrogen-bond donors (Lipinski definition) is 5. The highest BCUT2D eigenvalue weighted by Gasteiger charge is 2.21. The van der Waals surface area contributed by atoms with Crippen LogP contribution in [0.25, 0.3) is 11.2 Å². The van der Waals surface area contributed by atoms with E-state index in [-0.39, 0.29) is 35.5 Å². The molecule has 0 radical (unpaired) electrons. The van der Waals surface area contributed by atoms with E-state index in [1.54, 1.807) is 12.1 Å². The molecule has 2 heterocycles. The van der Waals surface area contributed by atoms with Crippen molar-refractivity contribution in [1.82, 2.24) is 25.3 Å². The lowest BCUT2D eigenvalue weighted by Gasteiger charge is -2.13. The van der Waals surface area contributed by atoms with Gasteiger partial charge in [-0.15, -0.1) is 11.8 Å². The second kappa shape index (κ2) is 9.87. The molecular formula is C19H18N6O6S. The third-order valence-electron chi connectivity index (χ3n) is 4.24. The molecule has 3 aromatic rings. The molecule has 3 rings (SSSR count). The van der Waals surface area contributed by atoms with E-state index in [9.17, 15) is 19.2 Å². The number of aromatic amines is 1. The smallest absolute Gasteiger partial charge is 0.326 e. The van der Waals surface area contributed by atoms with Crippen molar-refractivity contribution in [2.45, 2.75) is 29.5 Å². The molecule has 166 valence electrons. The number of amides is 1. The van der Waals surface area contributed by atoms with E-state index in [2.05, 4.69) is 25.3 Å². The predicted octanol–water partition coefficient (Wildman–Crippen LogP) is 0.635. The summed E-state index contributed by atoms with van der Waals surface area (Å²) >= 11 is 1.39. The highest BCUT2D eigenvalue weighted by Crippen LogP contribution is 2.22. The van der Waals surface area contributed by atoms with E-state index in [0.29, 0.717) is 11.4 Å². The number of carbonyl (C=O) groups is 3. The lowest BCUT2D eigenvalue weighted by atomic mass is 10.1. The lowest BCUT2D eigenvalue weighted by molar-refractivity contribution is -0.140. The molecule has 6 N–H and O–H groups in total. The van der Waals surface area contributed by atoms with Crippen LogP contribution in [0, 0.1) is 0 Å². The van der Waals surface area contributed by atoms with Crippen LogP contribution in [0.1, 0.15) is 28.9 Å². The van der Waals surface area contributed by atoms with Gasteiger partial charge >= 0.3 is 11.9 Å². The molecule has 1 atom stereocenters. The Morgan fingerprint density at radius 3 is 2.53 bits per heavy atom. The van der Waals surface area contributed by atoms with Crippen LogP contribution in [0.2, 0.25) is 0 Å². The predicted molar refractivity (Wildman–Crippen MR) is 114 cm³/mol. The zero-order valence-electron chi connectivity index (χ0n) is 16.4. The van der Waals surface area contributed by atoms with Crippen molar-refractivity contribution in [1.29, 1.82) is 0 Å². The van der Waals surface area contributed by atoms with Crippen LogP contribution in [-0.2, 0) is 15.3 Å². The van der Waals surface area contributed by atoms with Crippen LogP contribution >= 0.6 is 11.8 Å². The lowest BCUT2D eigenvalue weighted by Crippen LogP contribution is -2.41. The first kappa shape index (κ1) is 22.7. The second-order valence-electron chi connectivity index (χ2n) is 6.59. The Kier molecular flexibility index (Phi) is 7.00. The number of hydrogen-bond acceptors (Lipinski definition) is 9. The average Bonchev–Trinajstić information content (AvgIpc) is 2.75. The van der Waals surface area contributed by atoms with Crippen molar-refractivity contribution in [3.63, 3.8) is 0 Å². The van der Waals surface area contributed by atoms with Crippen LogP contribution in [0.5, 0.6) is 0 Å². The maximum Gasteiger partial charge on any atom is 0.326 e. The van der Waals surface area contributed by atoms with Crippen molar-refractivity contribution in [3.05, 3.63) is 52.1 Å². The van der Waals surface area contributed by atoms with Gasteiger partial charge in [0.25, 0.3) is 11.5 Å². The van der Waals surface area contributed by atoms with Gasteiger partial charge in [0.15, 0.2) is 11.2 Å². The van der Waals surface area contributed by atoms with Gasteiger partial charge in [-0.1, -0.05) is 0 Å². The van der Waals surface area contributed by atoms with E-state index >= 15 is 0 Å². The molecule has 32 heavy (non-hydrogen) atoms. The van der Waals surface area contributed by atoms with Crippen LogP contribution < -0.4 is 16.6 Å². The zero-order valence-corrected chi connectivity index (χ0v) is 17.3. The van der Waals surface area contributed by atoms with E-state index in [1.807, 2.05) is 0 Å².